The molecule has 15 heavy (non-hydrogen) atoms. The lowest BCUT2D eigenvalue weighted by Crippen LogP contribution is -2.46. The van der Waals surface area contributed by atoms with Crippen LogP contribution in [0.4, 0.5) is 0 Å². The first-order chi connectivity index (χ1) is 7.15. The number of rotatable bonds is 7. The summed E-state index contributed by atoms with van der Waals surface area (Å²) in [6, 6.07) is -0.443. The molecule has 0 saturated carbocycles. The largest absolute Gasteiger partial charge is 0.357 e. The van der Waals surface area contributed by atoms with Crippen LogP contribution in [0.5, 0.6) is 0 Å². The highest BCUT2D eigenvalue weighted by molar-refractivity contribution is 7.98. The van der Waals surface area contributed by atoms with Gasteiger partial charge in [0.15, 0.2) is 0 Å². The van der Waals surface area contributed by atoms with Crippen LogP contribution in [0.3, 0.4) is 0 Å². The van der Waals surface area contributed by atoms with Crippen LogP contribution in [-0.4, -0.2) is 43.5 Å². The monoisotopic (exact) mass is 233 g/mol. The molecule has 0 radical (unpaired) electrons. The molecule has 6 heteroatoms. The van der Waals surface area contributed by atoms with E-state index in [-0.39, 0.29) is 18.2 Å². The maximum Gasteiger partial charge on any atom is 0.242 e. The Morgan fingerprint density at radius 3 is 2.60 bits per heavy atom. The molecule has 0 spiro atoms. The Hall–Kier alpha value is -0.750. The summed E-state index contributed by atoms with van der Waals surface area (Å²) in [6.07, 6.45) is 2.85. The lowest BCUT2D eigenvalue weighted by Gasteiger charge is -2.16. The van der Waals surface area contributed by atoms with Crippen LogP contribution in [0.25, 0.3) is 0 Å². The maximum absolute atomic E-state index is 11.4. The van der Waals surface area contributed by atoms with Gasteiger partial charge in [-0.25, -0.2) is 0 Å². The van der Waals surface area contributed by atoms with Crippen molar-refractivity contribution in [2.75, 3.05) is 25.6 Å². The standard InChI is InChI=1S/C9H19N3O2S/c1-11-9(14)7(4-6-15-2)12-8(13)3-5-10/h7H,3-6,10H2,1-2H3,(H,11,14)(H,12,13). The summed E-state index contributed by atoms with van der Waals surface area (Å²) in [7, 11) is 1.56. The summed E-state index contributed by atoms with van der Waals surface area (Å²) >= 11 is 1.64. The SMILES string of the molecule is CNC(=O)C(CCSC)NC(=O)CCN. The number of nitrogens with two attached hydrogens (primary N) is 1. The van der Waals surface area contributed by atoms with E-state index in [1.54, 1.807) is 18.8 Å². The number of amides is 2. The van der Waals surface area contributed by atoms with E-state index >= 15 is 0 Å². The molecule has 0 heterocycles. The topological polar surface area (TPSA) is 84.2 Å². The summed E-state index contributed by atoms with van der Waals surface area (Å²) in [4.78, 5) is 22.7. The third-order valence-electron chi connectivity index (χ3n) is 1.88. The van der Waals surface area contributed by atoms with Gasteiger partial charge in [0.25, 0.3) is 0 Å². The van der Waals surface area contributed by atoms with Crippen molar-refractivity contribution in [2.24, 2.45) is 5.73 Å². The molecular weight excluding hydrogens is 214 g/mol. The van der Waals surface area contributed by atoms with Gasteiger partial charge < -0.3 is 16.4 Å². The summed E-state index contributed by atoms with van der Waals surface area (Å²) in [5, 5.41) is 5.19. The molecule has 0 saturated heterocycles. The van der Waals surface area contributed by atoms with Crippen LogP contribution < -0.4 is 16.4 Å². The zero-order valence-electron chi connectivity index (χ0n) is 9.21. The average Bonchev–Trinajstić information content (AvgIpc) is 2.23. The second-order valence-electron chi connectivity index (χ2n) is 3.05. The number of carbonyl (C=O) groups is 2. The molecule has 0 aromatic rings. The zero-order chi connectivity index (χ0) is 11.7. The van der Waals surface area contributed by atoms with Crippen LogP contribution in [0.1, 0.15) is 12.8 Å². The summed E-state index contributed by atoms with van der Waals surface area (Å²) in [6.45, 7) is 0.300. The maximum atomic E-state index is 11.4. The molecule has 0 rings (SSSR count). The van der Waals surface area contributed by atoms with Crippen LogP contribution in [-0.2, 0) is 9.59 Å². The van der Waals surface area contributed by atoms with E-state index in [1.165, 1.54) is 0 Å². The van der Waals surface area contributed by atoms with Crippen molar-refractivity contribution in [3.63, 3.8) is 0 Å². The zero-order valence-corrected chi connectivity index (χ0v) is 10.0. The molecule has 0 aliphatic rings. The van der Waals surface area contributed by atoms with Gasteiger partial charge in [0.1, 0.15) is 6.04 Å². The van der Waals surface area contributed by atoms with Crippen molar-refractivity contribution in [1.82, 2.24) is 10.6 Å². The minimum absolute atomic E-state index is 0.158. The average molecular weight is 233 g/mol. The van der Waals surface area contributed by atoms with E-state index in [0.29, 0.717) is 13.0 Å². The minimum atomic E-state index is -0.443. The highest BCUT2D eigenvalue weighted by Gasteiger charge is 2.18. The minimum Gasteiger partial charge on any atom is -0.357 e. The highest BCUT2D eigenvalue weighted by atomic mass is 32.2. The Morgan fingerprint density at radius 2 is 2.13 bits per heavy atom. The molecule has 0 fully saturated rings. The molecule has 1 unspecified atom stereocenters. The van der Waals surface area contributed by atoms with Crippen molar-refractivity contribution < 1.29 is 9.59 Å². The van der Waals surface area contributed by atoms with E-state index in [2.05, 4.69) is 10.6 Å². The number of hydrogen-bond acceptors (Lipinski definition) is 4. The number of hydrogen-bond donors (Lipinski definition) is 3. The van der Waals surface area contributed by atoms with Crippen LogP contribution in [0.2, 0.25) is 0 Å². The number of nitrogens with one attached hydrogen (secondary N) is 2. The van der Waals surface area contributed by atoms with Gasteiger partial charge in [-0.2, -0.15) is 11.8 Å². The number of likely N-dealkylation sites (N-methyl/N-ethyl adjacent to an activating group) is 1. The van der Waals surface area contributed by atoms with Gasteiger partial charge in [0.05, 0.1) is 0 Å². The highest BCUT2D eigenvalue weighted by Crippen LogP contribution is 2.01. The van der Waals surface area contributed by atoms with Crippen molar-refractivity contribution >= 4 is 23.6 Å². The number of carbonyl (C=O) groups excluding carboxylic acids is 2. The first-order valence-corrected chi connectivity index (χ1v) is 6.25. The van der Waals surface area contributed by atoms with E-state index < -0.39 is 6.04 Å². The van der Waals surface area contributed by atoms with Crippen LogP contribution in [0, 0.1) is 0 Å². The third kappa shape index (κ3) is 6.35. The third-order valence-corrected chi connectivity index (χ3v) is 2.52. The second kappa shape index (κ2) is 8.55. The molecule has 4 N–H and O–H groups in total. The molecule has 0 aromatic heterocycles. The van der Waals surface area contributed by atoms with Gasteiger partial charge in [0, 0.05) is 20.0 Å². The van der Waals surface area contributed by atoms with Gasteiger partial charge in [-0.1, -0.05) is 0 Å². The molecule has 0 bridgehead atoms. The fourth-order valence-electron chi connectivity index (χ4n) is 1.08. The molecule has 0 aliphatic carbocycles. The van der Waals surface area contributed by atoms with Crippen molar-refractivity contribution in [1.29, 1.82) is 0 Å². The summed E-state index contributed by atoms with van der Waals surface area (Å²) in [5.74, 6) is 0.502. The Morgan fingerprint density at radius 1 is 1.47 bits per heavy atom. The van der Waals surface area contributed by atoms with E-state index in [9.17, 15) is 9.59 Å². The first-order valence-electron chi connectivity index (χ1n) is 4.85. The molecule has 1 atom stereocenters. The van der Waals surface area contributed by atoms with Gasteiger partial charge >= 0.3 is 0 Å². The van der Waals surface area contributed by atoms with Crippen LogP contribution >= 0.6 is 11.8 Å². The normalized spacial score (nSPS) is 11.9. The van der Waals surface area contributed by atoms with Gasteiger partial charge in [0.2, 0.25) is 11.8 Å². The second-order valence-corrected chi connectivity index (χ2v) is 4.04. The van der Waals surface area contributed by atoms with Crippen molar-refractivity contribution in [3.05, 3.63) is 0 Å². The van der Waals surface area contributed by atoms with Crippen LogP contribution in [0.15, 0.2) is 0 Å². The van der Waals surface area contributed by atoms with Gasteiger partial charge in [-0.15, -0.1) is 0 Å². The Bertz CT molecular complexity index is 212. The quantitative estimate of drug-likeness (QED) is 0.544. The van der Waals surface area contributed by atoms with Gasteiger partial charge in [-0.3, -0.25) is 9.59 Å². The van der Waals surface area contributed by atoms with Crippen molar-refractivity contribution in [2.45, 2.75) is 18.9 Å². The predicted molar refractivity (Wildman–Crippen MR) is 62.7 cm³/mol. The Labute approximate surface area is 94.5 Å². The van der Waals surface area contributed by atoms with Crippen molar-refractivity contribution in [3.8, 4) is 0 Å². The number of thioether (sulfide) groups is 1. The van der Waals surface area contributed by atoms with E-state index in [0.717, 1.165) is 5.75 Å². The lowest BCUT2D eigenvalue weighted by atomic mass is 10.2. The van der Waals surface area contributed by atoms with E-state index in [4.69, 9.17) is 5.73 Å². The first kappa shape index (κ1) is 14.2. The molecule has 0 aliphatic heterocycles. The lowest BCUT2D eigenvalue weighted by molar-refractivity contribution is -0.128. The summed E-state index contributed by atoms with van der Waals surface area (Å²) < 4.78 is 0. The predicted octanol–water partition coefficient (Wildman–Crippen LogP) is -0.681. The molecular formula is C9H19N3O2S. The Kier molecular flexibility index (Phi) is 8.12. The van der Waals surface area contributed by atoms with Gasteiger partial charge in [-0.05, 0) is 18.4 Å². The Balaban J connectivity index is 4.11. The smallest absolute Gasteiger partial charge is 0.242 e. The van der Waals surface area contributed by atoms with E-state index in [1.807, 2.05) is 6.26 Å². The molecule has 5 nitrogen and oxygen atoms in total. The fraction of sp³-hybridized carbons (Fsp3) is 0.778. The molecule has 88 valence electrons. The summed E-state index contributed by atoms with van der Waals surface area (Å²) in [5.41, 5.74) is 5.25. The fourth-order valence-corrected chi connectivity index (χ4v) is 1.55. The molecule has 0 aromatic carbocycles. The molecule has 2 amide bonds.